The fourth-order valence-electron chi connectivity index (χ4n) is 4.67. The lowest BCUT2D eigenvalue weighted by Gasteiger charge is -2.42. The lowest BCUT2D eigenvalue weighted by Crippen LogP contribution is -2.50. The Morgan fingerprint density at radius 3 is 2.66 bits per heavy atom. The molecule has 0 radical (unpaired) electrons. The largest absolute Gasteiger partial charge is 0.390 e. The first-order valence-electron chi connectivity index (χ1n) is 10.2. The zero-order chi connectivity index (χ0) is 20.4. The smallest absolute Gasteiger partial charge is 0.227 e. The first kappa shape index (κ1) is 19.6. The number of nitriles is 1. The predicted octanol–water partition coefficient (Wildman–Crippen LogP) is 2.09. The average Bonchev–Trinajstić information content (AvgIpc) is 3.23. The highest BCUT2D eigenvalue weighted by Gasteiger charge is 2.41. The summed E-state index contributed by atoms with van der Waals surface area (Å²) < 4.78 is 0. The summed E-state index contributed by atoms with van der Waals surface area (Å²) in [4.78, 5) is 13.9. The average molecular weight is 396 g/mol. The van der Waals surface area contributed by atoms with E-state index in [4.69, 9.17) is 5.26 Å². The molecule has 2 fully saturated rings. The molecule has 0 aliphatic carbocycles. The number of rotatable bonds is 7. The van der Waals surface area contributed by atoms with Gasteiger partial charge in [-0.2, -0.15) is 15.3 Å². The zero-order valence-electron chi connectivity index (χ0n) is 17.0. The van der Waals surface area contributed by atoms with Gasteiger partial charge in [0.1, 0.15) is 5.82 Å². The van der Waals surface area contributed by atoms with Crippen LogP contribution in [0.15, 0.2) is 12.1 Å². The molecule has 9 heteroatoms. The summed E-state index contributed by atoms with van der Waals surface area (Å²) in [5.74, 6) is 1.91. The molecule has 2 aliphatic rings. The van der Waals surface area contributed by atoms with E-state index in [-0.39, 0.29) is 6.61 Å². The van der Waals surface area contributed by atoms with Crippen LogP contribution in [0, 0.1) is 18.3 Å². The lowest BCUT2D eigenvalue weighted by atomic mass is 9.96. The molecule has 9 nitrogen and oxygen atoms in total. The molecule has 3 atom stereocenters. The number of fused-ring (bicyclic) bond motifs is 2. The van der Waals surface area contributed by atoms with Gasteiger partial charge in [-0.1, -0.05) is 0 Å². The third-order valence-corrected chi connectivity index (χ3v) is 6.10. The number of aryl methyl sites for hydroxylation is 1. The van der Waals surface area contributed by atoms with Crippen LogP contribution in [0.3, 0.4) is 0 Å². The Balaban J connectivity index is 1.50. The van der Waals surface area contributed by atoms with Crippen LogP contribution in [0.25, 0.3) is 0 Å². The highest BCUT2D eigenvalue weighted by atomic mass is 16.3. The van der Waals surface area contributed by atoms with Gasteiger partial charge >= 0.3 is 0 Å². The molecular weight excluding hydrogens is 368 g/mol. The Labute approximate surface area is 170 Å². The molecule has 4 rings (SSSR count). The van der Waals surface area contributed by atoms with Gasteiger partial charge in [0.05, 0.1) is 18.4 Å². The SMILES string of the molecule is Cc1cc(Nc2cc(CO)nc(N(C)[C@H]3C[C@H]4CC[C@@H](C3)N4CCC#N)n2)n[nH]1. The Morgan fingerprint density at radius 1 is 1.28 bits per heavy atom. The summed E-state index contributed by atoms with van der Waals surface area (Å²) in [7, 11) is 2.04. The van der Waals surface area contributed by atoms with Crippen molar-refractivity contribution in [3.05, 3.63) is 23.5 Å². The molecule has 4 heterocycles. The highest BCUT2D eigenvalue weighted by molar-refractivity contribution is 5.54. The van der Waals surface area contributed by atoms with Gasteiger partial charge < -0.3 is 15.3 Å². The molecule has 2 aromatic rings. The minimum atomic E-state index is -0.143. The van der Waals surface area contributed by atoms with Crippen molar-refractivity contribution in [1.82, 2.24) is 25.1 Å². The number of hydrogen-bond acceptors (Lipinski definition) is 8. The minimum Gasteiger partial charge on any atom is -0.390 e. The van der Waals surface area contributed by atoms with E-state index in [2.05, 4.69) is 41.4 Å². The van der Waals surface area contributed by atoms with E-state index in [0.717, 1.165) is 25.1 Å². The van der Waals surface area contributed by atoms with Crippen LogP contribution in [-0.4, -0.2) is 61.9 Å². The number of nitrogens with one attached hydrogen (secondary N) is 2. The summed E-state index contributed by atoms with van der Waals surface area (Å²) in [6.07, 6.45) is 5.09. The number of H-pyrrole nitrogens is 1. The predicted molar refractivity (Wildman–Crippen MR) is 110 cm³/mol. The maximum atomic E-state index is 9.67. The molecule has 0 aromatic carbocycles. The van der Waals surface area contributed by atoms with Crippen molar-refractivity contribution < 1.29 is 5.11 Å². The van der Waals surface area contributed by atoms with E-state index in [1.807, 2.05) is 20.0 Å². The molecule has 2 saturated heterocycles. The number of aromatic nitrogens is 4. The van der Waals surface area contributed by atoms with Gasteiger partial charge in [-0.15, -0.1) is 0 Å². The van der Waals surface area contributed by atoms with Gasteiger partial charge in [0.15, 0.2) is 5.82 Å². The Hall–Kier alpha value is -2.70. The van der Waals surface area contributed by atoms with E-state index in [1.54, 1.807) is 6.07 Å². The molecule has 0 saturated carbocycles. The molecule has 0 spiro atoms. The fraction of sp³-hybridized carbons (Fsp3) is 0.600. The van der Waals surface area contributed by atoms with Gasteiger partial charge in [0, 0.05) is 56.0 Å². The van der Waals surface area contributed by atoms with Gasteiger partial charge in [-0.25, -0.2) is 4.98 Å². The Morgan fingerprint density at radius 2 is 2.03 bits per heavy atom. The summed E-state index contributed by atoms with van der Waals surface area (Å²) in [6, 6.07) is 7.32. The van der Waals surface area contributed by atoms with Gasteiger partial charge in [-0.05, 0) is 32.6 Å². The molecule has 2 aliphatic heterocycles. The Kier molecular flexibility index (Phi) is 5.65. The van der Waals surface area contributed by atoms with Crippen LogP contribution in [0.5, 0.6) is 0 Å². The summed E-state index contributed by atoms with van der Waals surface area (Å²) >= 11 is 0. The third-order valence-electron chi connectivity index (χ3n) is 6.10. The maximum absolute atomic E-state index is 9.67. The standard InChI is InChI=1S/C20H28N8O/c1-13-8-19(26-25-13)23-18-9-14(12-29)22-20(24-18)27(2)17-10-15-4-5-16(11-17)28(15)7-3-6-21/h8-9,15-17,29H,3-5,7,10-12H2,1-2H3,(H2,22,23,24,25,26)/t15-,16+,17+. The summed E-state index contributed by atoms with van der Waals surface area (Å²) in [6.45, 7) is 2.67. The first-order chi connectivity index (χ1) is 14.1. The van der Waals surface area contributed by atoms with Crippen molar-refractivity contribution in [3.63, 3.8) is 0 Å². The molecule has 2 bridgehead atoms. The van der Waals surface area contributed by atoms with E-state index in [9.17, 15) is 5.11 Å². The molecule has 2 aromatic heterocycles. The van der Waals surface area contributed by atoms with E-state index in [1.165, 1.54) is 12.8 Å². The molecule has 29 heavy (non-hydrogen) atoms. The quantitative estimate of drug-likeness (QED) is 0.651. The number of piperidine rings is 1. The van der Waals surface area contributed by atoms with Crippen LogP contribution in [0.4, 0.5) is 17.6 Å². The van der Waals surface area contributed by atoms with E-state index in [0.29, 0.717) is 47.8 Å². The van der Waals surface area contributed by atoms with Crippen molar-refractivity contribution in [2.24, 2.45) is 0 Å². The number of aromatic amines is 1. The number of anilines is 3. The minimum absolute atomic E-state index is 0.143. The molecule has 0 amide bonds. The van der Waals surface area contributed by atoms with Crippen LogP contribution >= 0.6 is 0 Å². The fourth-order valence-corrected chi connectivity index (χ4v) is 4.67. The van der Waals surface area contributed by atoms with Crippen LogP contribution in [0.2, 0.25) is 0 Å². The van der Waals surface area contributed by atoms with Crippen molar-refractivity contribution in [2.45, 2.75) is 63.8 Å². The van der Waals surface area contributed by atoms with Crippen molar-refractivity contribution >= 4 is 17.6 Å². The van der Waals surface area contributed by atoms with Crippen molar-refractivity contribution in [1.29, 1.82) is 5.26 Å². The van der Waals surface area contributed by atoms with E-state index < -0.39 is 0 Å². The number of aliphatic hydroxyl groups excluding tert-OH is 1. The topological polar surface area (TPSA) is 117 Å². The van der Waals surface area contributed by atoms with Crippen molar-refractivity contribution in [2.75, 3.05) is 23.8 Å². The normalized spacial score (nSPS) is 23.7. The van der Waals surface area contributed by atoms with E-state index >= 15 is 0 Å². The summed E-state index contributed by atoms with van der Waals surface area (Å²) in [5.41, 5.74) is 1.53. The monoisotopic (exact) mass is 396 g/mol. The number of aliphatic hydroxyl groups is 1. The summed E-state index contributed by atoms with van der Waals surface area (Å²) in [5, 5.41) is 28.9. The molecular formula is C20H28N8O. The van der Waals surface area contributed by atoms with Crippen LogP contribution < -0.4 is 10.2 Å². The second-order valence-electron chi connectivity index (χ2n) is 8.03. The van der Waals surface area contributed by atoms with Crippen molar-refractivity contribution in [3.8, 4) is 6.07 Å². The number of hydrogen-bond donors (Lipinski definition) is 3. The molecule has 154 valence electrons. The second-order valence-corrected chi connectivity index (χ2v) is 8.03. The van der Waals surface area contributed by atoms with Crippen LogP contribution in [0.1, 0.15) is 43.5 Å². The van der Waals surface area contributed by atoms with Crippen LogP contribution in [-0.2, 0) is 6.61 Å². The first-order valence-corrected chi connectivity index (χ1v) is 10.2. The van der Waals surface area contributed by atoms with Gasteiger partial charge in [0.25, 0.3) is 0 Å². The number of nitrogens with zero attached hydrogens (tertiary/aromatic N) is 6. The van der Waals surface area contributed by atoms with Gasteiger partial charge in [0.2, 0.25) is 5.95 Å². The Bertz CT molecular complexity index is 877. The lowest BCUT2D eigenvalue weighted by molar-refractivity contribution is 0.129. The third kappa shape index (κ3) is 4.18. The second kappa shape index (κ2) is 8.35. The molecule has 3 N–H and O–H groups in total. The molecule has 0 unspecified atom stereocenters. The maximum Gasteiger partial charge on any atom is 0.227 e. The highest BCUT2D eigenvalue weighted by Crippen LogP contribution is 2.38. The zero-order valence-corrected chi connectivity index (χ0v) is 17.0. The van der Waals surface area contributed by atoms with Gasteiger partial charge in [-0.3, -0.25) is 10.00 Å².